The first-order chi connectivity index (χ1) is 8.72. The maximum atomic E-state index is 11.8. The molecular formula is C15H30N2O2. The highest BCUT2D eigenvalue weighted by molar-refractivity contribution is 5.73. The zero-order valence-corrected chi connectivity index (χ0v) is 12.9. The molecule has 4 nitrogen and oxygen atoms in total. The first-order valence-corrected chi connectivity index (χ1v) is 7.42. The fourth-order valence-electron chi connectivity index (χ4n) is 2.95. The van der Waals surface area contributed by atoms with E-state index in [4.69, 9.17) is 0 Å². The van der Waals surface area contributed by atoms with Gasteiger partial charge >= 0.3 is 6.03 Å². The third-order valence-electron chi connectivity index (χ3n) is 4.06. The number of hydrogen-bond acceptors (Lipinski definition) is 2. The number of carbonyl (C=O) groups excluding carboxylic acids is 1. The maximum absolute atomic E-state index is 11.8. The molecule has 112 valence electrons. The summed E-state index contributed by atoms with van der Waals surface area (Å²) in [5, 5.41) is 15.3. The van der Waals surface area contributed by atoms with E-state index < -0.39 is 0 Å². The second kappa shape index (κ2) is 6.60. The molecule has 1 unspecified atom stereocenters. The van der Waals surface area contributed by atoms with Gasteiger partial charge in [-0.1, -0.05) is 33.6 Å². The fraction of sp³-hybridized carbons (Fsp3) is 0.933. The molecule has 0 aromatic heterocycles. The van der Waals surface area contributed by atoms with Crippen molar-refractivity contribution in [1.29, 1.82) is 0 Å². The van der Waals surface area contributed by atoms with E-state index in [1.807, 2.05) is 0 Å². The van der Waals surface area contributed by atoms with Crippen molar-refractivity contribution in [2.75, 3.05) is 13.1 Å². The molecule has 0 bridgehead atoms. The summed E-state index contributed by atoms with van der Waals surface area (Å²) < 4.78 is 0. The number of amides is 2. The van der Waals surface area contributed by atoms with Crippen LogP contribution in [0, 0.1) is 10.8 Å². The lowest BCUT2D eigenvalue weighted by molar-refractivity contribution is 0.128. The summed E-state index contributed by atoms with van der Waals surface area (Å²) >= 11 is 0. The second-order valence-electron chi connectivity index (χ2n) is 7.27. The maximum Gasteiger partial charge on any atom is 0.314 e. The molecule has 0 aromatic rings. The molecular weight excluding hydrogens is 240 g/mol. The first kappa shape index (κ1) is 16.3. The van der Waals surface area contributed by atoms with Crippen LogP contribution in [-0.4, -0.2) is 30.3 Å². The van der Waals surface area contributed by atoms with Gasteiger partial charge in [-0.2, -0.15) is 0 Å². The van der Waals surface area contributed by atoms with Gasteiger partial charge in [0, 0.05) is 13.1 Å². The van der Waals surface area contributed by atoms with Crippen LogP contribution in [0.3, 0.4) is 0 Å². The van der Waals surface area contributed by atoms with Crippen LogP contribution in [0.5, 0.6) is 0 Å². The van der Waals surface area contributed by atoms with Gasteiger partial charge in [0.05, 0.1) is 6.10 Å². The van der Waals surface area contributed by atoms with Gasteiger partial charge in [0.15, 0.2) is 0 Å². The smallest absolute Gasteiger partial charge is 0.314 e. The first-order valence-electron chi connectivity index (χ1n) is 7.42. The van der Waals surface area contributed by atoms with Gasteiger partial charge in [0.25, 0.3) is 0 Å². The van der Waals surface area contributed by atoms with Crippen molar-refractivity contribution < 1.29 is 9.90 Å². The van der Waals surface area contributed by atoms with Crippen molar-refractivity contribution >= 4 is 6.03 Å². The minimum Gasteiger partial charge on any atom is -0.393 e. The molecule has 1 aliphatic rings. The van der Waals surface area contributed by atoms with Crippen LogP contribution in [0.25, 0.3) is 0 Å². The molecule has 1 fully saturated rings. The Morgan fingerprint density at radius 3 is 2.42 bits per heavy atom. The normalized spacial score (nSPS) is 20.1. The molecule has 1 rings (SSSR count). The largest absolute Gasteiger partial charge is 0.393 e. The average Bonchev–Trinajstić information content (AvgIpc) is 2.70. The number of carbonyl (C=O) groups is 1. The van der Waals surface area contributed by atoms with Crippen LogP contribution in [-0.2, 0) is 0 Å². The van der Waals surface area contributed by atoms with Gasteiger partial charge < -0.3 is 15.7 Å². The highest BCUT2D eigenvalue weighted by Gasteiger charge is 2.29. The molecule has 0 saturated heterocycles. The average molecular weight is 270 g/mol. The van der Waals surface area contributed by atoms with Crippen LogP contribution in [0.15, 0.2) is 0 Å². The lowest BCUT2D eigenvalue weighted by atomic mass is 9.87. The van der Waals surface area contributed by atoms with Crippen molar-refractivity contribution in [1.82, 2.24) is 10.6 Å². The van der Waals surface area contributed by atoms with Gasteiger partial charge in [0.1, 0.15) is 0 Å². The van der Waals surface area contributed by atoms with Crippen LogP contribution < -0.4 is 10.6 Å². The van der Waals surface area contributed by atoms with Crippen LogP contribution in [0.2, 0.25) is 0 Å². The molecule has 1 aliphatic carbocycles. The Kier molecular flexibility index (Phi) is 5.65. The van der Waals surface area contributed by atoms with Gasteiger partial charge in [0.2, 0.25) is 0 Å². The molecule has 1 atom stereocenters. The second-order valence-corrected chi connectivity index (χ2v) is 7.27. The van der Waals surface area contributed by atoms with Gasteiger partial charge in [-0.05, 0) is 37.0 Å². The van der Waals surface area contributed by atoms with Crippen molar-refractivity contribution in [3.8, 4) is 0 Å². The van der Waals surface area contributed by atoms with E-state index in [1.54, 1.807) is 6.92 Å². The summed E-state index contributed by atoms with van der Waals surface area (Å²) in [5.74, 6) is 0. The van der Waals surface area contributed by atoms with Gasteiger partial charge in [-0.25, -0.2) is 4.79 Å². The van der Waals surface area contributed by atoms with Crippen molar-refractivity contribution in [3.63, 3.8) is 0 Å². The highest BCUT2D eigenvalue weighted by atomic mass is 16.3. The molecule has 0 spiro atoms. The summed E-state index contributed by atoms with van der Waals surface area (Å²) in [7, 11) is 0. The zero-order chi connectivity index (χ0) is 14.5. The molecule has 19 heavy (non-hydrogen) atoms. The number of nitrogens with one attached hydrogen (secondary N) is 2. The van der Waals surface area contributed by atoms with Crippen LogP contribution >= 0.6 is 0 Å². The van der Waals surface area contributed by atoms with Crippen molar-refractivity contribution in [3.05, 3.63) is 0 Å². The third-order valence-corrected chi connectivity index (χ3v) is 4.06. The summed E-state index contributed by atoms with van der Waals surface area (Å²) in [6, 6.07) is -0.0909. The Balaban J connectivity index is 2.24. The summed E-state index contributed by atoms with van der Waals surface area (Å²) in [5.41, 5.74) is 0.204. The van der Waals surface area contributed by atoms with Crippen molar-refractivity contribution in [2.24, 2.45) is 10.8 Å². The molecule has 0 radical (unpaired) electrons. The fourth-order valence-corrected chi connectivity index (χ4v) is 2.95. The van der Waals surface area contributed by atoms with Crippen LogP contribution in [0.4, 0.5) is 4.79 Å². The molecule has 1 saturated carbocycles. The Hall–Kier alpha value is -0.770. The van der Waals surface area contributed by atoms with E-state index in [9.17, 15) is 9.90 Å². The SMILES string of the molecule is CC(O)CC(C)(C)CNC(=O)NCC1(C)CCCC1. The van der Waals surface area contributed by atoms with E-state index in [2.05, 4.69) is 31.4 Å². The van der Waals surface area contributed by atoms with E-state index in [1.165, 1.54) is 25.7 Å². The molecule has 2 amide bonds. The monoisotopic (exact) mass is 270 g/mol. The van der Waals surface area contributed by atoms with Crippen LogP contribution in [0.1, 0.15) is 59.8 Å². The minimum absolute atomic E-state index is 0.0806. The zero-order valence-electron chi connectivity index (χ0n) is 12.9. The lowest BCUT2D eigenvalue weighted by Crippen LogP contribution is -2.44. The predicted molar refractivity (Wildman–Crippen MR) is 78.1 cm³/mol. The number of hydrogen-bond donors (Lipinski definition) is 3. The number of urea groups is 1. The van der Waals surface area contributed by atoms with E-state index in [0.717, 1.165) is 6.54 Å². The molecule has 0 heterocycles. The topological polar surface area (TPSA) is 61.4 Å². The minimum atomic E-state index is -0.336. The lowest BCUT2D eigenvalue weighted by Gasteiger charge is -2.27. The van der Waals surface area contributed by atoms with Gasteiger partial charge in [-0.15, -0.1) is 0 Å². The van der Waals surface area contributed by atoms with E-state index in [-0.39, 0.29) is 23.0 Å². The number of rotatable bonds is 6. The molecule has 4 heteroatoms. The standard InChI is InChI=1S/C15H30N2O2/c1-12(18)9-14(2,3)10-16-13(19)17-11-15(4)7-5-6-8-15/h12,18H,5-11H2,1-4H3,(H2,16,17,19). The number of aliphatic hydroxyl groups excluding tert-OH is 1. The summed E-state index contributed by atoms with van der Waals surface area (Å²) in [6.07, 6.45) is 5.33. The Morgan fingerprint density at radius 1 is 1.32 bits per heavy atom. The summed E-state index contributed by atoms with van der Waals surface area (Å²) in [6.45, 7) is 9.48. The number of aliphatic hydroxyl groups is 1. The Bertz CT molecular complexity index is 295. The molecule has 0 aromatic carbocycles. The van der Waals surface area contributed by atoms with E-state index >= 15 is 0 Å². The Labute approximate surface area is 117 Å². The highest BCUT2D eigenvalue weighted by Crippen LogP contribution is 2.36. The predicted octanol–water partition coefficient (Wildman–Crippen LogP) is 2.66. The third kappa shape index (κ3) is 6.28. The summed E-state index contributed by atoms with van der Waals surface area (Å²) in [4.78, 5) is 11.8. The Morgan fingerprint density at radius 2 is 1.89 bits per heavy atom. The molecule has 3 N–H and O–H groups in total. The van der Waals surface area contributed by atoms with E-state index in [0.29, 0.717) is 13.0 Å². The molecule has 0 aliphatic heterocycles. The quantitative estimate of drug-likeness (QED) is 0.695. The van der Waals surface area contributed by atoms with Crippen molar-refractivity contribution in [2.45, 2.75) is 65.9 Å². The van der Waals surface area contributed by atoms with Gasteiger partial charge in [-0.3, -0.25) is 0 Å².